The van der Waals surface area contributed by atoms with E-state index in [1.54, 1.807) is 24.4 Å². The molecule has 0 aliphatic carbocycles. The molecule has 2 saturated heterocycles. The molecule has 2 aromatic rings. The van der Waals surface area contributed by atoms with E-state index in [1.807, 2.05) is 6.07 Å². The average Bonchev–Trinajstić information content (AvgIpc) is 3.07. The first-order chi connectivity index (χ1) is 10.2. The maximum Gasteiger partial charge on any atom is 0.278 e. The molecule has 108 valence electrons. The number of fused-ring (bicyclic) bond motifs is 2. The number of hydrogen-bond acceptors (Lipinski definition) is 5. The first kappa shape index (κ1) is 12.5. The largest absolute Gasteiger partial charge is 0.369 e. The fourth-order valence-corrected chi connectivity index (χ4v) is 3.61. The molecule has 1 aromatic heterocycles. The fraction of sp³-hybridized carbons (Fsp3) is 0.400. The van der Waals surface area contributed by atoms with Gasteiger partial charge in [-0.05, 0) is 30.0 Å². The van der Waals surface area contributed by atoms with E-state index >= 15 is 0 Å². The average molecular weight is 284 g/mol. The van der Waals surface area contributed by atoms with Crippen molar-refractivity contribution in [1.82, 2.24) is 10.3 Å². The Hall–Kier alpha value is -2.21. The SMILES string of the molecule is O=[N+]([O-])c1ccc(N2C[C@H]3CNC[C@H]3C2)c2ncccc12. The van der Waals surface area contributed by atoms with E-state index in [0.717, 1.165) is 37.4 Å². The zero-order chi connectivity index (χ0) is 14.4. The van der Waals surface area contributed by atoms with Crippen LogP contribution in [0.4, 0.5) is 11.4 Å². The van der Waals surface area contributed by atoms with Gasteiger partial charge in [-0.1, -0.05) is 0 Å². The van der Waals surface area contributed by atoms with Crippen LogP contribution < -0.4 is 10.2 Å². The highest BCUT2D eigenvalue weighted by atomic mass is 16.6. The Morgan fingerprint density at radius 3 is 2.71 bits per heavy atom. The molecule has 6 heteroatoms. The monoisotopic (exact) mass is 284 g/mol. The summed E-state index contributed by atoms with van der Waals surface area (Å²) in [7, 11) is 0. The third-order valence-electron chi connectivity index (χ3n) is 4.65. The lowest BCUT2D eigenvalue weighted by Gasteiger charge is -2.21. The number of aromatic nitrogens is 1. The molecule has 0 spiro atoms. The molecule has 1 N–H and O–H groups in total. The Bertz CT molecular complexity index is 706. The van der Waals surface area contributed by atoms with Gasteiger partial charge in [-0.25, -0.2) is 0 Å². The number of nitro groups is 1. The summed E-state index contributed by atoms with van der Waals surface area (Å²) in [5.74, 6) is 1.36. The van der Waals surface area contributed by atoms with E-state index in [9.17, 15) is 10.1 Å². The molecule has 3 heterocycles. The fourth-order valence-electron chi connectivity index (χ4n) is 3.61. The molecule has 2 atom stereocenters. The van der Waals surface area contributed by atoms with Gasteiger partial charge in [-0.2, -0.15) is 0 Å². The van der Waals surface area contributed by atoms with Gasteiger partial charge < -0.3 is 10.2 Å². The van der Waals surface area contributed by atoms with E-state index in [0.29, 0.717) is 17.2 Å². The lowest BCUT2D eigenvalue weighted by atomic mass is 10.0. The van der Waals surface area contributed by atoms with Crippen LogP contribution in [0.1, 0.15) is 0 Å². The molecule has 2 fully saturated rings. The number of nitrogens with one attached hydrogen (secondary N) is 1. The second kappa shape index (κ2) is 4.66. The predicted octanol–water partition coefficient (Wildman–Crippen LogP) is 1.80. The third kappa shape index (κ3) is 1.94. The van der Waals surface area contributed by atoms with Crippen molar-refractivity contribution in [1.29, 1.82) is 0 Å². The number of pyridine rings is 1. The van der Waals surface area contributed by atoms with Crippen molar-refractivity contribution in [2.45, 2.75) is 0 Å². The summed E-state index contributed by atoms with van der Waals surface area (Å²) in [5.41, 5.74) is 1.88. The van der Waals surface area contributed by atoms with E-state index in [2.05, 4.69) is 15.2 Å². The highest BCUT2D eigenvalue weighted by molar-refractivity contribution is 5.97. The topological polar surface area (TPSA) is 71.3 Å². The second-order valence-corrected chi connectivity index (χ2v) is 5.84. The van der Waals surface area contributed by atoms with Crippen molar-refractivity contribution in [3.8, 4) is 0 Å². The Kier molecular flexibility index (Phi) is 2.78. The van der Waals surface area contributed by atoms with Crippen LogP contribution in [-0.2, 0) is 0 Å². The summed E-state index contributed by atoms with van der Waals surface area (Å²) in [6.45, 7) is 4.14. The zero-order valence-electron chi connectivity index (χ0n) is 11.5. The van der Waals surface area contributed by atoms with Crippen LogP contribution >= 0.6 is 0 Å². The maximum atomic E-state index is 11.2. The van der Waals surface area contributed by atoms with Gasteiger partial charge in [0.25, 0.3) is 5.69 Å². The minimum absolute atomic E-state index is 0.128. The molecule has 21 heavy (non-hydrogen) atoms. The summed E-state index contributed by atoms with van der Waals surface area (Å²) < 4.78 is 0. The summed E-state index contributed by atoms with van der Waals surface area (Å²) >= 11 is 0. The molecule has 0 radical (unpaired) electrons. The van der Waals surface area contributed by atoms with Crippen LogP contribution in [0.25, 0.3) is 10.9 Å². The van der Waals surface area contributed by atoms with Crippen molar-refractivity contribution in [3.63, 3.8) is 0 Å². The number of benzene rings is 1. The summed E-state index contributed by atoms with van der Waals surface area (Å²) in [6, 6.07) is 6.98. The molecule has 2 aliphatic heterocycles. The molecule has 1 aromatic carbocycles. The van der Waals surface area contributed by atoms with Crippen LogP contribution in [-0.4, -0.2) is 36.1 Å². The standard InChI is InChI=1S/C15H16N4O2/c20-19(21)13-3-4-14(15-12(13)2-1-5-17-15)18-8-10-6-16-7-11(10)9-18/h1-5,10-11,16H,6-9H2/t10-,11+. The van der Waals surface area contributed by atoms with Crippen LogP contribution in [0, 0.1) is 22.0 Å². The quantitative estimate of drug-likeness (QED) is 0.672. The van der Waals surface area contributed by atoms with Crippen LogP contribution in [0.15, 0.2) is 30.5 Å². The molecule has 6 nitrogen and oxygen atoms in total. The van der Waals surface area contributed by atoms with Gasteiger partial charge >= 0.3 is 0 Å². The van der Waals surface area contributed by atoms with E-state index in [1.165, 1.54) is 0 Å². The van der Waals surface area contributed by atoms with Crippen molar-refractivity contribution < 1.29 is 4.92 Å². The first-order valence-corrected chi connectivity index (χ1v) is 7.22. The van der Waals surface area contributed by atoms with Crippen molar-refractivity contribution in [2.75, 3.05) is 31.1 Å². The van der Waals surface area contributed by atoms with E-state index < -0.39 is 0 Å². The number of nitro benzene ring substituents is 1. The number of anilines is 1. The first-order valence-electron chi connectivity index (χ1n) is 7.22. The molecule has 2 aliphatic rings. The Morgan fingerprint density at radius 1 is 1.24 bits per heavy atom. The van der Waals surface area contributed by atoms with Gasteiger partial charge in [0, 0.05) is 38.4 Å². The lowest BCUT2D eigenvalue weighted by molar-refractivity contribution is -0.383. The summed E-state index contributed by atoms with van der Waals surface area (Å²) in [5, 5.41) is 15.2. The second-order valence-electron chi connectivity index (χ2n) is 5.84. The molecular weight excluding hydrogens is 268 g/mol. The molecule has 0 amide bonds. The number of non-ortho nitro benzene ring substituents is 1. The molecule has 0 saturated carbocycles. The minimum atomic E-state index is -0.337. The summed E-state index contributed by atoms with van der Waals surface area (Å²) in [6.07, 6.45) is 1.70. The third-order valence-corrected chi connectivity index (χ3v) is 4.65. The number of hydrogen-bond donors (Lipinski definition) is 1. The maximum absolute atomic E-state index is 11.2. The number of rotatable bonds is 2. The minimum Gasteiger partial charge on any atom is -0.369 e. The smallest absolute Gasteiger partial charge is 0.278 e. The van der Waals surface area contributed by atoms with Crippen LogP contribution in [0.3, 0.4) is 0 Å². The Morgan fingerprint density at radius 2 is 2.00 bits per heavy atom. The Labute approximate surface area is 121 Å². The zero-order valence-corrected chi connectivity index (χ0v) is 11.5. The highest BCUT2D eigenvalue weighted by Crippen LogP contribution is 2.36. The van der Waals surface area contributed by atoms with Crippen molar-refractivity contribution in [2.24, 2.45) is 11.8 Å². The molecular formula is C15H16N4O2. The van der Waals surface area contributed by atoms with Gasteiger partial charge in [-0.15, -0.1) is 0 Å². The summed E-state index contributed by atoms with van der Waals surface area (Å²) in [4.78, 5) is 17.6. The van der Waals surface area contributed by atoms with E-state index in [4.69, 9.17) is 0 Å². The molecule has 0 unspecified atom stereocenters. The van der Waals surface area contributed by atoms with Gasteiger partial charge in [0.05, 0.1) is 16.0 Å². The van der Waals surface area contributed by atoms with Crippen LogP contribution in [0.2, 0.25) is 0 Å². The Balaban J connectivity index is 1.80. The molecule has 4 rings (SSSR count). The predicted molar refractivity (Wildman–Crippen MR) is 80.5 cm³/mol. The van der Waals surface area contributed by atoms with Gasteiger partial charge in [0.2, 0.25) is 0 Å². The normalized spacial score (nSPS) is 24.5. The van der Waals surface area contributed by atoms with Gasteiger partial charge in [0.15, 0.2) is 0 Å². The van der Waals surface area contributed by atoms with Gasteiger partial charge in [-0.3, -0.25) is 15.1 Å². The van der Waals surface area contributed by atoms with Gasteiger partial charge in [0.1, 0.15) is 5.52 Å². The van der Waals surface area contributed by atoms with Crippen molar-refractivity contribution >= 4 is 22.3 Å². The lowest BCUT2D eigenvalue weighted by Crippen LogP contribution is -2.25. The number of nitrogens with zero attached hydrogens (tertiary/aromatic N) is 3. The highest BCUT2D eigenvalue weighted by Gasteiger charge is 2.37. The van der Waals surface area contributed by atoms with Crippen molar-refractivity contribution in [3.05, 3.63) is 40.6 Å². The van der Waals surface area contributed by atoms with E-state index in [-0.39, 0.29) is 10.6 Å². The van der Waals surface area contributed by atoms with Crippen LogP contribution in [0.5, 0.6) is 0 Å². The molecule has 0 bridgehead atoms.